The predicted octanol–water partition coefficient (Wildman–Crippen LogP) is -1.28. The summed E-state index contributed by atoms with van der Waals surface area (Å²) in [4.78, 5) is 176. The number of rotatable bonds is 49. The van der Waals surface area contributed by atoms with Crippen LogP contribution in [0.15, 0.2) is 58.6 Å². The highest BCUT2D eigenvalue weighted by molar-refractivity contribution is 7.89. The maximum Gasteiger partial charge on any atom is 0.339 e. The fraction of sp³-hybridized carbons (Fsp3) is 0.603. The molecule has 1 aliphatic rings. The summed E-state index contributed by atoms with van der Waals surface area (Å²) < 4.78 is 75.0. The van der Waals surface area contributed by atoms with Gasteiger partial charge in [-0.2, -0.15) is 4.72 Å². The van der Waals surface area contributed by atoms with Crippen LogP contribution in [0.25, 0.3) is 10.9 Å². The lowest BCUT2D eigenvalue weighted by atomic mass is 10.1. The molecule has 1 saturated heterocycles. The smallest absolute Gasteiger partial charge is 0.339 e. The molecule has 0 saturated carbocycles. The van der Waals surface area contributed by atoms with Crippen molar-refractivity contribution in [1.82, 2.24) is 70.3 Å². The number of sulfonamides is 1. The van der Waals surface area contributed by atoms with Crippen molar-refractivity contribution in [2.45, 2.75) is 95.7 Å². The molecule has 3 heterocycles. The maximum absolute atomic E-state index is 13.6. The average Bonchev–Trinajstić information content (AvgIpc) is 0.840. The topological polar surface area (TPSA) is 572 Å². The van der Waals surface area contributed by atoms with E-state index in [0.29, 0.717) is 105 Å². The monoisotopic (exact) mass is 1650 g/mol. The number of nitrogens with zero attached hydrogens (tertiary/aromatic N) is 7. The van der Waals surface area contributed by atoms with E-state index in [1.807, 2.05) is 6.92 Å². The zero-order valence-corrected chi connectivity index (χ0v) is 66.3. The number of imidazole rings is 1. The van der Waals surface area contributed by atoms with Gasteiger partial charge in [-0.1, -0.05) is 13.0 Å². The van der Waals surface area contributed by atoms with Gasteiger partial charge in [0.1, 0.15) is 36.0 Å². The van der Waals surface area contributed by atoms with Gasteiger partial charge in [-0.3, -0.25) is 81.6 Å². The van der Waals surface area contributed by atoms with Crippen LogP contribution in [-0.4, -0.2) is 324 Å². The second-order valence-corrected chi connectivity index (χ2v) is 31.3. The summed E-state index contributed by atoms with van der Waals surface area (Å²) >= 11 is 0. The first-order chi connectivity index (χ1) is 52.9. The molecule has 5 rings (SSSR count). The van der Waals surface area contributed by atoms with Crippen LogP contribution in [-0.2, 0) is 85.3 Å². The van der Waals surface area contributed by atoms with Crippen LogP contribution in [0.2, 0.25) is 0 Å². The highest BCUT2D eigenvalue weighted by atomic mass is 32.2. The highest BCUT2D eigenvalue weighted by Crippen LogP contribution is 2.40. The zero-order valence-electron chi connectivity index (χ0n) is 63.7. The lowest BCUT2D eigenvalue weighted by molar-refractivity contribution is -0.140. The summed E-state index contributed by atoms with van der Waals surface area (Å²) in [7, 11) is -10.6. The normalized spacial score (nSPS) is 14.3. The summed E-state index contributed by atoms with van der Waals surface area (Å²) in [6.45, 7) is 7.79. The molecule has 41 nitrogen and oxygen atoms in total. The van der Waals surface area contributed by atoms with Crippen LogP contribution in [0.1, 0.15) is 85.3 Å². The summed E-state index contributed by atoms with van der Waals surface area (Å²) in [5.41, 5.74) is 1.26. The number of carbonyl (C=O) groups excluding carboxylic acids is 5. The maximum atomic E-state index is 13.6. The van der Waals surface area contributed by atoms with Gasteiger partial charge >= 0.3 is 39.1 Å². The Morgan fingerprint density at radius 3 is 1.73 bits per heavy atom. The molecule has 0 bridgehead atoms. The molecule has 2 aromatic heterocycles. The first kappa shape index (κ1) is 96.0. The molecule has 1 fully saturated rings. The molecule has 0 aliphatic carbocycles. The predicted molar refractivity (Wildman–Crippen MR) is 407 cm³/mol. The minimum atomic E-state index is -4.75. The first-order valence-electron chi connectivity index (χ1n) is 36.2. The van der Waals surface area contributed by atoms with Crippen molar-refractivity contribution in [1.29, 1.82) is 0 Å². The fourth-order valence-electron chi connectivity index (χ4n) is 11.5. The van der Waals surface area contributed by atoms with E-state index in [0.717, 1.165) is 12.0 Å². The van der Waals surface area contributed by atoms with Crippen LogP contribution in [0.5, 0.6) is 5.75 Å². The number of methoxy groups -OCH3 is 1. The number of aliphatic carboxylic acids is 4. The second kappa shape index (κ2) is 49.9. The quantitative estimate of drug-likeness (QED) is 0.0181. The van der Waals surface area contributed by atoms with Gasteiger partial charge in [0.2, 0.25) is 39.1 Å². The van der Waals surface area contributed by atoms with E-state index in [4.69, 9.17) is 18.9 Å². The molecule has 0 unspecified atom stereocenters. The van der Waals surface area contributed by atoms with Gasteiger partial charge < -0.3 is 100 Å². The van der Waals surface area contributed by atoms with Gasteiger partial charge in [-0.05, 0) is 99.7 Å². The molecule has 1 aliphatic heterocycles. The molecule has 4 aromatic rings. The minimum absolute atomic E-state index is 0.0294. The van der Waals surface area contributed by atoms with Gasteiger partial charge in [-0.25, -0.2) is 13.4 Å². The number of aryl methyl sites for hydroxylation is 3. The third-order valence-corrected chi connectivity index (χ3v) is 20.1. The standard InChI is InChI=1S/C34H66N8O17P2.C34H43N7O9S/c1-2-17-58-19-20-59-18-5-8-36-34(51)28(6-3-4-7-35-29(43)21-42(26-60(52,53)54)27-61(55,56)57)37-30(44)22-38-9-11-39(23-31(45)46)13-15-41(25-33(49)50)16-14-40(12-10-38)24-32(47)48;1-21-15-24(50-14-5-7-29(42)35-10-6-13-49-4)16-22(2)31(21)51(47,48)40-27(33(45)46)19-38-32(44)26-20-41(3)28-17-23(8-9-25(28)30(26)43)18-39-34-36-11-12-37-34/h28H,2-27H2,1H3,(H,35,43)(H,36,51)(H,37,44)(H,45,46)(H,47,48)(H,49,50)(H2,52,53,54)(H2,55,56,57);8-9,11-12,15-17,20,27,40H,5-7,10,13-14,18-19H2,1-4H3,(H,35,42)(H,38,44)(H,45,46)(H2,36,37,39)/t28-;27-/m10/s1. The fourth-order valence-corrected chi connectivity index (χ4v) is 14.8. The molecule has 0 spiro atoms. The van der Waals surface area contributed by atoms with Crippen molar-refractivity contribution in [3.8, 4) is 5.75 Å². The number of unbranched alkanes of at least 4 members (excludes halogenated alkanes) is 1. The number of H-pyrrole nitrogens is 1. The van der Waals surface area contributed by atoms with Crippen molar-refractivity contribution < 1.29 is 120 Å². The Balaban J connectivity index is 0.000000479. The van der Waals surface area contributed by atoms with E-state index in [1.165, 1.54) is 18.3 Å². The van der Waals surface area contributed by atoms with Gasteiger partial charge in [0.05, 0.1) is 63.0 Å². The minimum Gasteiger partial charge on any atom is -0.494 e. The summed E-state index contributed by atoms with van der Waals surface area (Å²) in [6, 6.07) is 5.40. The van der Waals surface area contributed by atoms with Crippen LogP contribution in [0.3, 0.4) is 0 Å². The van der Waals surface area contributed by atoms with Gasteiger partial charge in [0, 0.05) is 149 Å². The Hall–Kier alpha value is -8.42. The number of aromatic amines is 1. The molecule has 5 amide bonds. The van der Waals surface area contributed by atoms with Crippen LogP contribution in [0.4, 0.5) is 5.95 Å². The molecular formula is C68H109N15O26P2S. The number of hydrogen-bond acceptors (Lipinski definition) is 25. The van der Waals surface area contributed by atoms with Crippen molar-refractivity contribution >= 4 is 95.5 Å². The van der Waals surface area contributed by atoms with E-state index in [2.05, 4.69) is 46.6 Å². The van der Waals surface area contributed by atoms with Gasteiger partial charge in [0.15, 0.2) is 5.95 Å². The van der Waals surface area contributed by atoms with E-state index in [1.54, 1.807) is 82.8 Å². The summed E-state index contributed by atoms with van der Waals surface area (Å²) in [6.07, 6.45) is 6.01. The van der Waals surface area contributed by atoms with Crippen LogP contribution >= 0.6 is 15.2 Å². The van der Waals surface area contributed by atoms with Crippen molar-refractivity contribution in [3.63, 3.8) is 0 Å². The number of pyridine rings is 1. The molecule has 2 aromatic carbocycles. The number of hydrogen-bond donors (Lipinski definition) is 16. The van der Waals surface area contributed by atoms with E-state index in [-0.39, 0.29) is 139 Å². The third kappa shape index (κ3) is 38.9. The second-order valence-electron chi connectivity index (χ2n) is 26.4. The average molecular weight is 1650 g/mol. The SMILES string of the molecule is CCCOCCOCCCNC(=O)[C@@H](CCCCNC(=O)CN(CP(=O)(O)O)CP(=O)(O)O)NC(=O)CN1CCN(CC(=O)O)CCN(CC(=O)O)CCN(CC(=O)O)CC1.COCCCNC(=O)CCCOc1cc(C)c(S(=O)(=O)N[C@@H](CNC(=O)c2cn(C)c3cc(CNc4ncc[nH]4)ccc3c2=O)C(=O)O)c(C)c1. The molecule has 112 heavy (non-hydrogen) atoms. The zero-order chi connectivity index (χ0) is 83.0. The van der Waals surface area contributed by atoms with Crippen molar-refractivity contribution in [2.75, 3.05) is 176 Å². The number of aromatic nitrogens is 3. The van der Waals surface area contributed by atoms with E-state index < -0.39 is 116 Å². The number of carboxylic acids is 4. The Kier molecular flexibility index (Phi) is 42.8. The Morgan fingerprint density at radius 1 is 0.652 bits per heavy atom. The van der Waals surface area contributed by atoms with Crippen LogP contribution < -0.4 is 46.8 Å². The highest BCUT2D eigenvalue weighted by Gasteiger charge is 2.32. The third-order valence-electron chi connectivity index (χ3n) is 16.8. The van der Waals surface area contributed by atoms with Gasteiger partial charge in [-0.15, -0.1) is 0 Å². The molecule has 44 heteroatoms. The number of amides is 5. The number of nitrogens with one attached hydrogen (secondary N) is 8. The molecule has 628 valence electrons. The summed E-state index contributed by atoms with van der Waals surface area (Å²) in [5, 5.41) is 54.9. The van der Waals surface area contributed by atoms with E-state index >= 15 is 0 Å². The number of fused-ring (bicyclic) bond motifs is 1. The largest absolute Gasteiger partial charge is 0.494 e. The van der Waals surface area contributed by atoms with Crippen molar-refractivity contribution in [2.24, 2.45) is 7.05 Å². The van der Waals surface area contributed by atoms with E-state index in [9.17, 15) is 105 Å². The molecule has 2 atom stereocenters. The first-order valence-corrected chi connectivity index (χ1v) is 41.3. The van der Waals surface area contributed by atoms with Crippen molar-refractivity contribution in [3.05, 3.63) is 81.4 Å². The lowest BCUT2D eigenvalue weighted by Crippen LogP contribution is -2.52. The Morgan fingerprint density at radius 2 is 1.20 bits per heavy atom. The molecular weight excluding hydrogens is 1540 g/mol. The Bertz CT molecular complexity index is 3900. The molecule has 0 radical (unpaired) electrons. The Labute approximate surface area is 648 Å². The lowest BCUT2D eigenvalue weighted by Gasteiger charge is -2.33. The number of benzene rings is 2. The number of ether oxygens (including phenoxy) is 4. The number of carbonyl (C=O) groups is 9. The van der Waals surface area contributed by atoms with Gasteiger partial charge in [0.25, 0.3) is 5.91 Å². The summed E-state index contributed by atoms with van der Waals surface area (Å²) in [5.74, 6) is -6.59. The van der Waals surface area contributed by atoms with Crippen LogP contribution in [0, 0.1) is 13.8 Å². The molecule has 16 N–H and O–H groups in total. The number of anilines is 1. The number of carboxylic acid groups (broad SMARTS) is 4.